The Morgan fingerprint density at radius 1 is 1.28 bits per heavy atom. The Kier molecular flexibility index (Phi) is 5.47. The molecule has 0 heterocycles. The van der Waals surface area contributed by atoms with Gasteiger partial charge in [0.25, 0.3) is 0 Å². The van der Waals surface area contributed by atoms with Crippen molar-refractivity contribution >= 4 is 15.9 Å². The van der Waals surface area contributed by atoms with Gasteiger partial charge in [-0.25, -0.2) is 0 Å². The Labute approximate surface area is 113 Å². The lowest BCUT2D eigenvalue weighted by molar-refractivity contribution is -0.274. The summed E-state index contributed by atoms with van der Waals surface area (Å²) in [5, 5.41) is 0. The molecule has 1 aromatic rings. The Morgan fingerprint density at radius 3 is 2.50 bits per heavy atom. The van der Waals surface area contributed by atoms with Crippen LogP contribution in [0.1, 0.15) is 12.0 Å². The molecule has 6 heteroatoms. The summed E-state index contributed by atoms with van der Waals surface area (Å²) in [4.78, 5) is 1.99. The van der Waals surface area contributed by atoms with Crippen LogP contribution in [0.5, 0.6) is 5.75 Å². The van der Waals surface area contributed by atoms with E-state index in [1.807, 2.05) is 19.0 Å². The van der Waals surface area contributed by atoms with Crippen LogP contribution in [0.4, 0.5) is 13.2 Å². The third kappa shape index (κ3) is 5.73. The summed E-state index contributed by atoms with van der Waals surface area (Å²) >= 11 is 3.25. The van der Waals surface area contributed by atoms with E-state index in [2.05, 4.69) is 20.7 Å². The molecule has 102 valence electrons. The monoisotopic (exact) mass is 325 g/mol. The standard InChI is InChI=1S/C12H15BrF3NO/c1-17(2)7-3-4-9-8-10(13)5-6-11(9)18-12(14,15)16/h5-6,8H,3-4,7H2,1-2H3. The first-order valence-electron chi connectivity index (χ1n) is 5.47. The highest BCUT2D eigenvalue weighted by atomic mass is 79.9. The smallest absolute Gasteiger partial charge is 0.406 e. The molecule has 0 spiro atoms. The van der Waals surface area contributed by atoms with Gasteiger partial charge in [0.2, 0.25) is 0 Å². The van der Waals surface area contributed by atoms with Gasteiger partial charge in [-0.2, -0.15) is 0 Å². The first kappa shape index (κ1) is 15.3. The first-order chi connectivity index (χ1) is 8.28. The molecule has 0 aromatic heterocycles. The lowest BCUT2D eigenvalue weighted by Gasteiger charge is -2.14. The van der Waals surface area contributed by atoms with Crippen LogP contribution in [-0.4, -0.2) is 31.9 Å². The molecule has 0 aliphatic rings. The van der Waals surface area contributed by atoms with E-state index in [4.69, 9.17) is 0 Å². The summed E-state index contributed by atoms with van der Waals surface area (Å²) in [5.74, 6) is -0.121. The predicted octanol–water partition coefficient (Wildman–Crippen LogP) is 3.84. The average molecular weight is 326 g/mol. The molecule has 2 nitrogen and oxygen atoms in total. The summed E-state index contributed by atoms with van der Waals surface area (Å²) in [6, 6.07) is 4.54. The van der Waals surface area contributed by atoms with Crippen LogP contribution in [0.25, 0.3) is 0 Å². The predicted molar refractivity (Wildman–Crippen MR) is 67.7 cm³/mol. The number of nitrogens with zero attached hydrogens (tertiary/aromatic N) is 1. The Hall–Kier alpha value is -0.750. The van der Waals surface area contributed by atoms with Crippen LogP contribution < -0.4 is 4.74 Å². The molecule has 0 N–H and O–H groups in total. The fourth-order valence-electron chi connectivity index (χ4n) is 1.55. The molecule has 1 rings (SSSR count). The molecule has 18 heavy (non-hydrogen) atoms. The van der Waals surface area contributed by atoms with E-state index in [9.17, 15) is 13.2 Å². The lowest BCUT2D eigenvalue weighted by Crippen LogP contribution is -2.18. The van der Waals surface area contributed by atoms with Crippen molar-refractivity contribution < 1.29 is 17.9 Å². The second-order valence-electron chi connectivity index (χ2n) is 4.21. The molecule has 0 fully saturated rings. The molecule has 0 bridgehead atoms. The lowest BCUT2D eigenvalue weighted by atomic mass is 10.1. The van der Waals surface area contributed by atoms with Crippen molar-refractivity contribution in [3.8, 4) is 5.75 Å². The quantitative estimate of drug-likeness (QED) is 0.815. The van der Waals surface area contributed by atoms with Gasteiger partial charge in [0.15, 0.2) is 0 Å². The van der Waals surface area contributed by atoms with Crippen molar-refractivity contribution in [2.45, 2.75) is 19.2 Å². The van der Waals surface area contributed by atoms with Gasteiger partial charge >= 0.3 is 6.36 Å². The van der Waals surface area contributed by atoms with E-state index in [-0.39, 0.29) is 5.75 Å². The number of rotatable bonds is 5. The molecule has 0 amide bonds. The Bertz CT molecular complexity index is 393. The molecule has 0 aliphatic heterocycles. The number of benzene rings is 1. The summed E-state index contributed by atoms with van der Waals surface area (Å²) in [7, 11) is 3.85. The molecule has 1 aromatic carbocycles. The zero-order valence-electron chi connectivity index (χ0n) is 10.2. The zero-order chi connectivity index (χ0) is 13.8. The van der Waals surface area contributed by atoms with Crippen LogP contribution in [0.15, 0.2) is 22.7 Å². The third-order valence-electron chi connectivity index (χ3n) is 2.30. The molecular weight excluding hydrogens is 311 g/mol. The van der Waals surface area contributed by atoms with Crippen molar-refractivity contribution in [1.82, 2.24) is 4.90 Å². The van der Waals surface area contributed by atoms with Gasteiger partial charge in [0.1, 0.15) is 5.75 Å². The molecule has 0 radical (unpaired) electrons. The largest absolute Gasteiger partial charge is 0.573 e. The van der Waals surface area contributed by atoms with Crippen molar-refractivity contribution in [2.24, 2.45) is 0 Å². The fraction of sp³-hybridized carbons (Fsp3) is 0.500. The first-order valence-corrected chi connectivity index (χ1v) is 6.26. The number of ether oxygens (including phenoxy) is 1. The van der Waals surface area contributed by atoms with E-state index < -0.39 is 6.36 Å². The van der Waals surface area contributed by atoms with Crippen LogP contribution >= 0.6 is 15.9 Å². The average Bonchev–Trinajstić information content (AvgIpc) is 2.19. The molecule has 0 aliphatic carbocycles. The minimum Gasteiger partial charge on any atom is -0.406 e. The Morgan fingerprint density at radius 2 is 1.94 bits per heavy atom. The van der Waals surface area contributed by atoms with Crippen molar-refractivity contribution in [3.05, 3.63) is 28.2 Å². The number of hydrogen-bond donors (Lipinski definition) is 0. The molecule has 0 unspecified atom stereocenters. The molecule has 0 saturated carbocycles. The van der Waals surface area contributed by atoms with E-state index >= 15 is 0 Å². The van der Waals surface area contributed by atoms with E-state index in [0.717, 1.165) is 17.4 Å². The van der Waals surface area contributed by atoms with Crippen LogP contribution in [-0.2, 0) is 6.42 Å². The number of hydrogen-bond acceptors (Lipinski definition) is 2. The SMILES string of the molecule is CN(C)CCCc1cc(Br)ccc1OC(F)(F)F. The summed E-state index contributed by atoms with van der Waals surface area (Å²) < 4.78 is 41.4. The van der Waals surface area contributed by atoms with Gasteiger partial charge in [-0.3, -0.25) is 0 Å². The zero-order valence-corrected chi connectivity index (χ0v) is 11.8. The van der Waals surface area contributed by atoms with Crippen LogP contribution in [0.3, 0.4) is 0 Å². The summed E-state index contributed by atoms with van der Waals surface area (Å²) in [6.45, 7) is 0.817. The van der Waals surface area contributed by atoms with E-state index in [1.54, 1.807) is 6.07 Å². The van der Waals surface area contributed by atoms with Crippen LogP contribution in [0, 0.1) is 0 Å². The van der Waals surface area contributed by atoms with Gasteiger partial charge in [-0.1, -0.05) is 15.9 Å². The summed E-state index contributed by atoms with van der Waals surface area (Å²) in [6.07, 6.45) is -3.33. The van der Waals surface area contributed by atoms with Gasteiger partial charge in [-0.05, 0) is 57.2 Å². The second-order valence-corrected chi connectivity index (χ2v) is 5.12. The normalized spacial score (nSPS) is 11.9. The minimum atomic E-state index is -4.65. The molecule has 0 atom stereocenters. The minimum absolute atomic E-state index is 0.121. The third-order valence-corrected chi connectivity index (χ3v) is 2.79. The topological polar surface area (TPSA) is 12.5 Å². The second kappa shape index (κ2) is 6.43. The van der Waals surface area contributed by atoms with E-state index in [1.165, 1.54) is 12.1 Å². The molecule has 0 saturated heterocycles. The van der Waals surface area contributed by atoms with Crippen molar-refractivity contribution in [1.29, 1.82) is 0 Å². The molecular formula is C12H15BrF3NO. The van der Waals surface area contributed by atoms with Gasteiger partial charge < -0.3 is 9.64 Å². The number of halogens is 4. The Balaban J connectivity index is 2.77. The van der Waals surface area contributed by atoms with Crippen LogP contribution in [0.2, 0.25) is 0 Å². The highest BCUT2D eigenvalue weighted by molar-refractivity contribution is 9.10. The van der Waals surface area contributed by atoms with Gasteiger partial charge in [0, 0.05) is 4.47 Å². The summed E-state index contributed by atoms with van der Waals surface area (Å²) in [5.41, 5.74) is 0.559. The highest BCUT2D eigenvalue weighted by Crippen LogP contribution is 2.29. The number of aryl methyl sites for hydroxylation is 1. The maximum Gasteiger partial charge on any atom is 0.573 e. The van der Waals surface area contributed by atoms with Gasteiger partial charge in [0.05, 0.1) is 0 Å². The van der Waals surface area contributed by atoms with Crippen molar-refractivity contribution in [2.75, 3.05) is 20.6 Å². The highest BCUT2D eigenvalue weighted by Gasteiger charge is 2.32. The van der Waals surface area contributed by atoms with Crippen molar-refractivity contribution in [3.63, 3.8) is 0 Å². The van der Waals surface area contributed by atoms with Gasteiger partial charge in [-0.15, -0.1) is 13.2 Å². The van der Waals surface area contributed by atoms with E-state index in [0.29, 0.717) is 12.0 Å². The number of alkyl halides is 3. The maximum absolute atomic E-state index is 12.2. The maximum atomic E-state index is 12.2. The fourth-order valence-corrected chi connectivity index (χ4v) is 1.96.